The second-order valence-electron chi connectivity index (χ2n) is 2.08. The van der Waals surface area contributed by atoms with Crippen molar-refractivity contribution in [3.8, 4) is 0 Å². The lowest BCUT2D eigenvalue weighted by atomic mass is 10.3. The Labute approximate surface area is 74.9 Å². The number of hydrogen-bond donors (Lipinski definition) is 2. The maximum absolute atomic E-state index is 5.77. The summed E-state index contributed by atoms with van der Waals surface area (Å²) >= 11 is 7.27. The summed E-state index contributed by atoms with van der Waals surface area (Å²) in [5.74, 6) is 0. The number of hydrogen-bond acceptors (Lipinski definition) is 3. The quantitative estimate of drug-likeness (QED) is 0.525. The Morgan fingerprint density at radius 3 is 2.45 bits per heavy atom. The van der Waals surface area contributed by atoms with Crippen molar-refractivity contribution in [3.63, 3.8) is 0 Å². The van der Waals surface area contributed by atoms with Crippen molar-refractivity contribution in [1.82, 2.24) is 0 Å². The fraction of sp³-hybridized carbons (Fsp3) is 0.143. The second kappa shape index (κ2) is 3.24. The molecular formula is C7H9ClN2S. The first kappa shape index (κ1) is 8.56. The lowest BCUT2D eigenvalue weighted by Gasteiger charge is -2.06. The van der Waals surface area contributed by atoms with Crippen molar-refractivity contribution in [2.45, 2.75) is 4.90 Å². The molecular weight excluding hydrogens is 180 g/mol. The van der Waals surface area contributed by atoms with Gasteiger partial charge in [-0.3, -0.25) is 0 Å². The van der Waals surface area contributed by atoms with Gasteiger partial charge >= 0.3 is 0 Å². The van der Waals surface area contributed by atoms with E-state index in [1.165, 1.54) is 11.8 Å². The van der Waals surface area contributed by atoms with Gasteiger partial charge in [0.1, 0.15) is 0 Å². The van der Waals surface area contributed by atoms with E-state index in [1.54, 1.807) is 12.1 Å². The highest BCUT2D eigenvalue weighted by Crippen LogP contribution is 2.34. The largest absolute Gasteiger partial charge is 0.398 e. The number of thioether (sulfide) groups is 1. The summed E-state index contributed by atoms with van der Waals surface area (Å²) in [4.78, 5) is 0.859. The molecule has 0 spiro atoms. The number of rotatable bonds is 1. The molecule has 0 aliphatic carbocycles. The molecule has 2 nitrogen and oxygen atoms in total. The van der Waals surface area contributed by atoms with Crippen molar-refractivity contribution < 1.29 is 0 Å². The van der Waals surface area contributed by atoms with Crippen LogP contribution in [0.2, 0.25) is 5.02 Å². The van der Waals surface area contributed by atoms with Crippen LogP contribution in [0, 0.1) is 0 Å². The highest BCUT2D eigenvalue weighted by Gasteiger charge is 2.05. The average molecular weight is 189 g/mol. The third-order valence-corrected chi connectivity index (χ3v) is 2.57. The van der Waals surface area contributed by atoms with Gasteiger partial charge in [-0.05, 0) is 18.4 Å². The minimum Gasteiger partial charge on any atom is -0.398 e. The summed E-state index contributed by atoms with van der Waals surface area (Å²) in [5, 5.41) is 0.559. The molecule has 0 aliphatic rings. The predicted octanol–water partition coefficient (Wildman–Crippen LogP) is 2.23. The molecule has 0 unspecified atom stereocenters. The van der Waals surface area contributed by atoms with E-state index in [-0.39, 0.29) is 0 Å². The van der Waals surface area contributed by atoms with Crippen molar-refractivity contribution in [2.75, 3.05) is 17.7 Å². The smallest absolute Gasteiger partial charge is 0.0662 e. The fourth-order valence-corrected chi connectivity index (χ4v) is 1.67. The van der Waals surface area contributed by atoms with Crippen LogP contribution in [0.4, 0.5) is 11.4 Å². The Hall–Kier alpha value is -0.540. The maximum atomic E-state index is 5.77. The molecule has 0 heterocycles. The van der Waals surface area contributed by atoms with Crippen LogP contribution in [0.25, 0.3) is 0 Å². The van der Waals surface area contributed by atoms with E-state index in [2.05, 4.69) is 0 Å². The molecule has 1 rings (SSSR count). The first-order chi connectivity index (χ1) is 5.16. The summed E-state index contributed by atoms with van der Waals surface area (Å²) < 4.78 is 0. The lowest BCUT2D eigenvalue weighted by molar-refractivity contribution is 1.46. The summed E-state index contributed by atoms with van der Waals surface area (Å²) in [5.41, 5.74) is 12.6. The molecule has 4 N–H and O–H groups in total. The van der Waals surface area contributed by atoms with Gasteiger partial charge in [0.15, 0.2) is 0 Å². The van der Waals surface area contributed by atoms with Gasteiger partial charge in [0, 0.05) is 5.69 Å². The molecule has 0 amide bonds. The maximum Gasteiger partial charge on any atom is 0.0662 e. The first-order valence-electron chi connectivity index (χ1n) is 3.04. The van der Waals surface area contributed by atoms with Crippen LogP contribution in [0.15, 0.2) is 17.0 Å². The topological polar surface area (TPSA) is 52.0 Å². The third kappa shape index (κ3) is 1.54. The van der Waals surface area contributed by atoms with Crippen molar-refractivity contribution in [2.24, 2.45) is 0 Å². The molecule has 0 aliphatic heterocycles. The summed E-state index contributed by atoms with van der Waals surface area (Å²) in [6.07, 6.45) is 1.92. The van der Waals surface area contributed by atoms with Crippen LogP contribution >= 0.6 is 23.4 Å². The zero-order chi connectivity index (χ0) is 8.43. The minimum absolute atomic E-state index is 0.559. The molecule has 0 saturated carbocycles. The van der Waals surface area contributed by atoms with Gasteiger partial charge in [0.2, 0.25) is 0 Å². The zero-order valence-electron chi connectivity index (χ0n) is 6.10. The molecule has 0 radical (unpaired) electrons. The van der Waals surface area contributed by atoms with Crippen LogP contribution in [0.3, 0.4) is 0 Å². The van der Waals surface area contributed by atoms with Crippen LogP contribution in [-0.4, -0.2) is 6.26 Å². The molecule has 0 aromatic heterocycles. The normalized spacial score (nSPS) is 10.0. The number of nitrogen functional groups attached to an aromatic ring is 2. The van der Waals surface area contributed by atoms with Crippen LogP contribution < -0.4 is 11.5 Å². The number of anilines is 2. The minimum atomic E-state index is 0.559. The van der Waals surface area contributed by atoms with E-state index in [9.17, 15) is 0 Å². The van der Waals surface area contributed by atoms with Gasteiger partial charge in [-0.1, -0.05) is 11.6 Å². The summed E-state index contributed by atoms with van der Waals surface area (Å²) in [7, 11) is 0. The highest BCUT2D eigenvalue weighted by atomic mass is 35.5. The predicted molar refractivity (Wildman–Crippen MR) is 52.1 cm³/mol. The van der Waals surface area contributed by atoms with Gasteiger partial charge in [0.05, 0.1) is 15.6 Å². The first-order valence-corrected chi connectivity index (χ1v) is 4.64. The Morgan fingerprint density at radius 1 is 1.36 bits per heavy atom. The second-order valence-corrected chi connectivity index (χ2v) is 3.31. The van der Waals surface area contributed by atoms with E-state index >= 15 is 0 Å². The van der Waals surface area contributed by atoms with Gasteiger partial charge in [-0.15, -0.1) is 11.8 Å². The van der Waals surface area contributed by atoms with Crippen molar-refractivity contribution in [1.29, 1.82) is 0 Å². The monoisotopic (exact) mass is 188 g/mol. The molecule has 0 saturated heterocycles. The molecule has 0 atom stereocenters. The summed E-state index contributed by atoms with van der Waals surface area (Å²) in [6.45, 7) is 0. The Morgan fingerprint density at radius 2 is 2.00 bits per heavy atom. The number of nitrogens with two attached hydrogens (primary N) is 2. The zero-order valence-corrected chi connectivity index (χ0v) is 7.67. The Kier molecular flexibility index (Phi) is 2.52. The van der Waals surface area contributed by atoms with Gasteiger partial charge in [-0.25, -0.2) is 0 Å². The number of benzene rings is 1. The van der Waals surface area contributed by atoms with Crippen molar-refractivity contribution in [3.05, 3.63) is 17.2 Å². The third-order valence-electron chi connectivity index (χ3n) is 1.38. The highest BCUT2D eigenvalue weighted by molar-refractivity contribution is 7.99. The molecule has 11 heavy (non-hydrogen) atoms. The van der Waals surface area contributed by atoms with E-state index < -0.39 is 0 Å². The van der Waals surface area contributed by atoms with E-state index in [1.807, 2.05) is 6.26 Å². The average Bonchev–Trinajstić information content (AvgIpc) is 1.99. The van der Waals surface area contributed by atoms with E-state index in [4.69, 9.17) is 23.1 Å². The van der Waals surface area contributed by atoms with Crippen LogP contribution in [0.1, 0.15) is 0 Å². The van der Waals surface area contributed by atoms with Crippen molar-refractivity contribution >= 4 is 34.7 Å². The van der Waals surface area contributed by atoms with Gasteiger partial charge in [0.25, 0.3) is 0 Å². The molecule has 4 heteroatoms. The van der Waals surface area contributed by atoms with Crippen LogP contribution in [0.5, 0.6) is 0 Å². The molecule has 60 valence electrons. The standard InChI is InChI=1S/C7H9ClN2S/c1-11-7-5(9)3-2-4(8)6(7)10/h2-3H,9-10H2,1H3. The fourth-order valence-electron chi connectivity index (χ4n) is 0.820. The Balaban J connectivity index is 3.29. The SMILES string of the molecule is CSc1c(N)ccc(Cl)c1N. The molecule has 1 aromatic carbocycles. The van der Waals surface area contributed by atoms with E-state index in [0.29, 0.717) is 16.4 Å². The summed E-state index contributed by atoms with van der Waals surface area (Å²) in [6, 6.07) is 3.45. The van der Waals surface area contributed by atoms with Crippen LogP contribution in [-0.2, 0) is 0 Å². The van der Waals surface area contributed by atoms with Gasteiger partial charge < -0.3 is 11.5 Å². The number of halogens is 1. The van der Waals surface area contributed by atoms with Gasteiger partial charge in [-0.2, -0.15) is 0 Å². The molecule has 0 fully saturated rings. The Bertz CT molecular complexity index is 275. The molecule has 1 aromatic rings. The molecule has 0 bridgehead atoms. The van der Waals surface area contributed by atoms with E-state index in [0.717, 1.165) is 4.90 Å². The lowest BCUT2D eigenvalue weighted by Crippen LogP contribution is -1.95.